The summed E-state index contributed by atoms with van der Waals surface area (Å²) in [7, 11) is -0.939. The van der Waals surface area contributed by atoms with Crippen LogP contribution in [0.15, 0.2) is 72.0 Å². The number of pyridine rings is 2. The second kappa shape index (κ2) is 10.8. The first-order chi connectivity index (χ1) is 16.9. The molecule has 0 bridgehead atoms. The lowest BCUT2D eigenvalue weighted by Crippen LogP contribution is -2.49. The zero-order valence-corrected chi connectivity index (χ0v) is 20.7. The predicted octanol–water partition coefficient (Wildman–Crippen LogP) is 2.31. The topological polar surface area (TPSA) is 95.9 Å². The highest BCUT2D eigenvalue weighted by molar-refractivity contribution is 7.89. The van der Waals surface area contributed by atoms with Crippen LogP contribution in [0.3, 0.4) is 0 Å². The highest BCUT2D eigenvalue weighted by atomic mass is 32.2. The zero-order valence-electron chi connectivity index (χ0n) is 19.9. The number of carbonyl (C=O) groups excluding carboxylic acids is 1. The van der Waals surface area contributed by atoms with E-state index in [1.807, 2.05) is 30.3 Å². The second-order valence-corrected chi connectivity index (χ2v) is 10.3. The molecule has 1 aromatic carbocycles. The molecule has 0 saturated carbocycles. The highest BCUT2D eigenvalue weighted by Crippen LogP contribution is 2.28. The number of hydrogen-bond acceptors (Lipinski definition) is 7. The number of benzene rings is 1. The van der Waals surface area contributed by atoms with Gasteiger partial charge in [-0.25, -0.2) is 17.7 Å². The first kappa shape index (κ1) is 24.6. The average Bonchev–Trinajstić information content (AvgIpc) is 2.92. The van der Waals surface area contributed by atoms with Crippen molar-refractivity contribution in [2.45, 2.75) is 11.3 Å². The summed E-state index contributed by atoms with van der Waals surface area (Å²) >= 11 is 0. The Bertz CT molecular complexity index is 1250. The number of nitrogens with zero attached hydrogens (tertiary/aromatic N) is 5. The summed E-state index contributed by atoms with van der Waals surface area (Å²) < 4.78 is 33.4. The summed E-state index contributed by atoms with van der Waals surface area (Å²) in [6.45, 7) is 2.62. The van der Waals surface area contributed by atoms with E-state index >= 15 is 0 Å². The lowest BCUT2D eigenvalue weighted by atomic mass is 10.1. The molecule has 0 radical (unpaired) electrons. The van der Waals surface area contributed by atoms with E-state index in [-0.39, 0.29) is 23.1 Å². The normalized spacial score (nSPS) is 14.3. The Labute approximate surface area is 206 Å². The van der Waals surface area contributed by atoms with E-state index in [1.54, 1.807) is 35.6 Å². The van der Waals surface area contributed by atoms with Gasteiger partial charge in [0, 0.05) is 63.9 Å². The summed E-state index contributed by atoms with van der Waals surface area (Å²) in [5.74, 6) is 0.879. The molecule has 184 valence electrons. The minimum absolute atomic E-state index is 0.0216. The van der Waals surface area contributed by atoms with Gasteiger partial charge >= 0.3 is 0 Å². The molecule has 1 saturated heterocycles. The van der Waals surface area contributed by atoms with Gasteiger partial charge in [-0.2, -0.15) is 0 Å². The van der Waals surface area contributed by atoms with Crippen LogP contribution < -0.4 is 9.64 Å². The Morgan fingerprint density at radius 3 is 2.51 bits per heavy atom. The lowest BCUT2D eigenvalue weighted by molar-refractivity contribution is 0.0746. The second-order valence-electron chi connectivity index (χ2n) is 8.27. The molecule has 0 atom stereocenters. The monoisotopic (exact) mass is 495 g/mol. The molecule has 0 aliphatic carbocycles. The fourth-order valence-electron chi connectivity index (χ4n) is 3.99. The van der Waals surface area contributed by atoms with Crippen molar-refractivity contribution >= 4 is 21.7 Å². The van der Waals surface area contributed by atoms with Gasteiger partial charge in [-0.05, 0) is 48.4 Å². The smallest absolute Gasteiger partial charge is 0.254 e. The molecule has 1 aliphatic rings. The van der Waals surface area contributed by atoms with Crippen molar-refractivity contribution in [1.29, 1.82) is 0 Å². The molecule has 0 unspecified atom stereocenters. The third-order valence-electron chi connectivity index (χ3n) is 6.08. The molecule has 1 amide bonds. The number of sulfonamides is 1. The number of hydrogen-bond donors (Lipinski definition) is 0. The first-order valence-electron chi connectivity index (χ1n) is 11.4. The van der Waals surface area contributed by atoms with Crippen molar-refractivity contribution in [2.24, 2.45) is 0 Å². The van der Waals surface area contributed by atoms with Gasteiger partial charge in [0.25, 0.3) is 5.91 Å². The van der Waals surface area contributed by atoms with Crippen molar-refractivity contribution in [3.63, 3.8) is 0 Å². The molecule has 4 rings (SSSR count). The lowest BCUT2D eigenvalue weighted by Gasteiger charge is -2.35. The molecule has 3 heterocycles. The molecule has 10 heteroatoms. The van der Waals surface area contributed by atoms with E-state index in [0.717, 1.165) is 11.4 Å². The number of amides is 1. The number of anilines is 1. The average molecular weight is 496 g/mol. The van der Waals surface area contributed by atoms with Gasteiger partial charge in [-0.1, -0.05) is 12.1 Å². The van der Waals surface area contributed by atoms with E-state index in [1.165, 1.54) is 24.5 Å². The van der Waals surface area contributed by atoms with Crippen molar-refractivity contribution in [3.8, 4) is 5.75 Å². The zero-order chi connectivity index (χ0) is 24.8. The summed E-state index contributed by atoms with van der Waals surface area (Å²) in [5.41, 5.74) is 1.26. The molecule has 1 aliphatic heterocycles. The first-order valence-corrected chi connectivity index (χ1v) is 12.8. The third kappa shape index (κ3) is 5.60. The number of ether oxygens (including phenoxy) is 1. The molecule has 2 aromatic heterocycles. The number of likely N-dealkylation sites (N-methyl/N-ethyl adjacent to an activating group) is 1. The number of rotatable bonds is 8. The minimum atomic E-state index is -3.88. The van der Waals surface area contributed by atoms with Gasteiger partial charge in [0.15, 0.2) is 0 Å². The SMILES string of the molecule is COc1ccc(C(=O)N2CCN(c3ccccn3)CC2)cc1S(=O)(=O)N(C)CCc1cccnc1. The van der Waals surface area contributed by atoms with Crippen LogP contribution in [0.25, 0.3) is 0 Å². The van der Waals surface area contributed by atoms with Crippen LogP contribution in [0.5, 0.6) is 5.75 Å². The molecule has 9 nitrogen and oxygen atoms in total. The van der Waals surface area contributed by atoms with Gasteiger partial charge < -0.3 is 14.5 Å². The van der Waals surface area contributed by atoms with E-state index in [2.05, 4.69) is 14.9 Å². The molecular weight excluding hydrogens is 466 g/mol. The summed E-state index contributed by atoms with van der Waals surface area (Å²) in [5, 5.41) is 0. The van der Waals surface area contributed by atoms with Crippen LogP contribution in [0.1, 0.15) is 15.9 Å². The van der Waals surface area contributed by atoms with Crippen molar-refractivity contribution < 1.29 is 17.9 Å². The van der Waals surface area contributed by atoms with Gasteiger partial charge in [0.1, 0.15) is 16.5 Å². The van der Waals surface area contributed by atoms with Gasteiger partial charge in [-0.3, -0.25) is 9.78 Å². The standard InChI is InChI=1S/C25H29N5O4S/c1-28(13-10-20-6-5-11-26-19-20)35(32,33)23-18-21(8-9-22(23)34-2)25(31)30-16-14-29(15-17-30)24-7-3-4-12-27-24/h3-9,11-12,18-19H,10,13-17H2,1-2H3. The van der Waals surface area contributed by atoms with Crippen LogP contribution in [-0.4, -0.2) is 80.4 Å². The van der Waals surface area contributed by atoms with Crippen molar-refractivity contribution in [3.05, 3.63) is 78.2 Å². The molecular formula is C25H29N5O4S. The van der Waals surface area contributed by atoms with Crippen LogP contribution in [0, 0.1) is 0 Å². The Hall–Kier alpha value is -3.50. The Balaban J connectivity index is 1.48. The van der Waals surface area contributed by atoms with E-state index in [9.17, 15) is 13.2 Å². The summed E-state index contributed by atoms with van der Waals surface area (Å²) in [6, 6.07) is 14.0. The maximum absolute atomic E-state index is 13.4. The number of methoxy groups -OCH3 is 1. The quantitative estimate of drug-likeness (QED) is 0.473. The van der Waals surface area contributed by atoms with Crippen molar-refractivity contribution in [1.82, 2.24) is 19.2 Å². The van der Waals surface area contributed by atoms with Crippen LogP contribution in [-0.2, 0) is 16.4 Å². The van der Waals surface area contributed by atoms with E-state index < -0.39 is 10.0 Å². The molecule has 3 aromatic rings. The van der Waals surface area contributed by atoms with Crippen LogP contribution in [0.4, 0.5) is 5.82 Å². The van der Waals surface area contributed by atoms with Crippen molar-refractivity contribution in [2.75, 3.05) is 51.8 Å². The Kier molecular flexibility index (Phi) is 7.62. The maximum Gasteiger partial charge on any atom is 0.254 e. The molecule has 0 spiro atoms. The van der Waals surface area contributed by atoms with E-state index in [4.69, 9.17) is 4.74 Å². The molecule has 0 N–H and O–H groups in total. The minimum Gasteiger partial charge on any atom is -0.495 e. The van der Waals surface area contributed by atoms with Crippen LogP contribution in [0.2, 0.25) is 0 Å². The third-order valence-corrected chi connectivity index (χ3v) is 7.96. The Morgan fingerprint density at radius 2 is 1.86 bits per heavy atom. The predicted molar refractivity (Wildman–Crippen MR) is 133 cm³/mol. The number of aromatic nitrogens is 2. The maximum atomic E-state index is 13.4. The highest BCUT2D eigenvalue weighted by Gasteiger charge is 2.28. The van der Waals surface area contributed by atoms with Gasteiger partial charge in [-0.15, -0.1) is 0 Å². The molecule has 1 fully saturated rings. The number of carbonyl (C=O) groups is 1. The Morgan fingerprint density at radius 1 is 1.06 bits per heavy atom. The van der Waals surface area contributed by atoms with E-state index in [0.29, 0.717) is 38.2 Å². The van der Waals surface area contributed by atoms with Gasteiger partial charge in [0.05, 0.1) is 7.11 Å². The molecule has 35 heavy (non-hydrogen) atoms. The van der Waals surface area contributed by atoms with Gasteiger partial charge in [0.2, 0.25) is 10.0 Å². The largest absolute Gasteiger partial charge is 0.495 e. The summed E-state index contributed by atoms with van der Waals surface area (Å²) in [4.78, 5) is 25.5. The van der Waals surface area contributed by atoms with Crippen LogP contribution >= 0.6 is 0 Å². The number of piperazine rings is 1. The summed E-state index contributed by atoms with van der Waals surface area (Å²) in [6.07, 6.45) is 5.66. The fourth-order valence-corrected chi connectivity index (χ4v) is 5.34. The fraction of sp³-hybridized carbons (Fsp3) is 0.320.